The van der Waals surface area contributed by atoms with Crippen LogP contribution in [0.25, 0.3) is 0 Å². The number of allylic oxidation sites excluding steroid dienone is 1. The summed E-state index contributed by atoms with van der Waals surface area (Å²) in [5.41, 5.74) is 2.51. The van der Waals surface area contributed by atoms with Gasteiger partial charge in [-0.3, -0.25) is 4.79 Å². The lowest BCUT2D eigenvalue weighted by molar-refractivity contribution is -0.151. The second-order valence-corrected chi connectivity index (χ2v) is 6.83. The smallest absolute Gasteiger partial charge is 0.309 e. The first-order valence-corrected chi connectivity index (χ1v) is 7.40. The van der Waals surface area contributed by atoms with Crippen molar-refractivity contribution in [1.82, 2.24) is 0 Å². The van der Waals surface area contributed by atoms with E-state index in [1.807, 2.05) is 6.92 Å². The molecular weight excluding hydrogens is 240 g/mol. The lowest BCUT2D eigenvalue weighted by atomic mass is 9.60. The number of fused-ring (bicyclic) bond motifs is 1. The summed E-state index contributed by atoms with van der Waals surface area (Å²) >= 11 is 0. The molecule has 0 saturated heterocycles. The Morgan fingerprint density at radius 2 is 2.11 bits per heavy atom. The number of rotatable bonds is 2. The van der Waals surface area contributed by atoms with Crippen LogP contribution in [0.2, 0.25) is 0 Å². The van der Waals surface area contributed by atoms with E-state index in [-0.39, 0.29) is 29.3 Å². The predicted molar refractivity (Wildman–Crippen MR) is 74.6 cm³/mol. The largest absolute Gasteiger partial charge is 0.466 e. The number of hydrogen-bond acceptors (Lipinski definition) is 3. The van der Waals surface area contributed by atoms with Gasteiger partial charge in [0.05, 0.1) is 18.6 Å². The third-order valence-electron chi connectivity index (χ3n) is 4.68. The molecule has 0 aromatic rings. The standard InChI is InChI=1S/C16H26O3/c1-5-19-15(18)11-7-6-10(2)14-12(11)8-16(3,4)9-13(14)17/h11-13,17H,5-9H2,1-4H3/t11?,12-,13-/m0/s1. The first-order valence-electron chi connectivity index (χ1n) is 7.40. The summed E-state index contributed by atoms with van der Waals surface area (Å²) in [4.78, 5) is 12.2. The molecule has 0 radical (unpaired) electrons. The van der Waals surface area contributed by atoms with E-state index in [9.17, 15) is 9.90 Å². The second kappa shape index (κ2) is 5.28. The van der Waals surface area contributed by atoms with Crippen molar-refractivity contribution in [3.05, 3.63) is 11.1 Å². The van der Waals surface area contributed by atoms with Gasteiger partial charge in [0.15, 0.2) is 0 Å². The molecule has 3 atom stereocenters. The average Bonchev–Trinajstić information content (AvgIpc) is 2.26. The quantitative estimate of drug-likeness (QED) is 0.617. The fourth-order valence-corrected chi connectivity index (χ4v) is 3.88. The van der Waals surface area contributed by atoms with E-state index >= 15 is 0 Å². The van der Waals surface area contributed by atoms with E-state index in [1.165, 1.54) is 5.57 Å². The summed E-state index contributed by atoms with van der Waals surface area (Å²) < 4.78 is 5.23. The fraction of sp³-hybridized carbons (Fsp3) is 0.812. The minimum absolute atomic E-state index is 0.0622. The summed E-state index contributed by atoms with van der Waals surface area (Å²) in [6, 6.07) is 0. The maximum absolute atomic E-state index is 12.2. The third-order valence-corrected chi connectivity index (χ3v) is 4.68. The highest BCUT2D eigenvalue weighted by Gasteiger charge is 2.45. The van der Waals surface area contributed by atoms with Gasteiger partial charge in [0.25, 0.3) is 0 Å². The van der Waals surface area contributed by atoms with Gasteiger partial charge in [-0.15, -0.1) is 0 Å². The topological polar surface area (TPSA) is 46.5 Å². The number of aliphatic hydroxyl groups is 1. The van der Waals surface area contributed by atoms with Crippen molar-refractivity contribution in [2.45, 2.75) is 59.5 Å². The summed E-state index contributed by atoms with van der Waals surface area (Å²) in [7, 11) is 0. The number of carbonyl (C=O) groups excluding carboxylic acids is 1. The van der Waals surface area contributed by atoms with Crippen molar-refractivity contribution in [3.63, 3.8) is 0 Å². The molecule has 3 heteroatoms. The Hall–Kier alpha value is -0.830. The molecule has 1 fully saturated rings. The van der Waals surface area contributed by atoms with E-state index < -0.39 is 0 Å². The highest BCUT2D eigenvalue weighted by Crippen LogP contribution is 2.49. The molecule has 1 unspecified atom stereocenters. The molecule has 2 rings (SSSR count). The summed E-state index contributed by atoms with van der Waals surface area (Å²) in [5.74, 6) is 0.0295. The van der Waals surface area contributed by atoms with Crippen molar-refractivity contribution in [3.8, 4) is 0 Å². The van der Waals surface area contributed by atoms with Crippen LogP contribution in [0.3, 0.4) is 0 Å². The minimum atomic E-state index is -0.383. The molecule has 0 spiro atoms. The molecule has 0 bridgehead atoms. The SMILES string of the molecule is CCOC(=O)C1CCC(C)=C2[C@H]1CC(C)(C)C[C@@H]2O. The van der Waals surface area contributed by atoms with Crippen LogP contribution >= 0.6 is 0 Å². The average molecular weight is 266 g/mol. The van der Waals surface area contributed by atoms with Gasteiger partial charge >= 0.3 is 5.97 Å². The summed E-state index contributed by atoms with van der Waals surface area (Å²) in [5, 5.41) is 10.4. The first-order chi connectivity index (χ1) is 8.85. The highest BCUT2D eigenvalue weighted by molar-refractivity contribution is 5.74. The molecule has 1 saturated carbocycles. The fourth-order valence-electron chi connectivity index (χ4n) is 3.88. The van der Waals surface area contributed by atoms with Crippen LogP contribution in [0.1, 0.15) is 53.4 Å². The van der Waals surface area contributed by atoms with Gasteiger partial charge in [-0.05, 0) is 56.4 Å². The zero-order valence-corrected chi connectivity index (χ0v) is 12.5. The number of esters is 1. The Morgan fingerprint density at radius 1 is 1.42 bits per heavy atom. The van der Waals surface area contributed by atoms with Crippen LogP contribution in [0.4, 0.5) is 0 Å². The van der Waals surface area contributed by atoms with Crippen LogP contribution in [-0.2, 0) is 9.53 Å². The normalized spacial score (nSPS) is 33.8. The van der Waals surface area contributed by atoms with Crippen LogP contribution in [0, 0.1) is 17.3 Å². The number of hydrogen-bond donors (Lipinski definition) is 1. The third kappa shape index (κ3) is 2.86. The minimum Gasteiger partial charge on any atom is -0.466 e. The van der Waals surface area contributed by atoms with Gasteiger partial charge in [0.2, 0.25) is 0 Å². The van der Waals surface area contributed by atoms with Gasteiger partial charge in [0.1, 0.15) is 0 Å². The van der Waals surface area contributed by atoms with Crippen molar-refractivity contribution < 1.29 is 14.6 Å². The summed E-state index contributed by atoms with van der Waals surface area (Å²) in [6.07, 6.45) is 3.16. The molecule has 0 amide bonds. The van der Waals surface area contributed by atoms with Crippen molar-refractivity contribution in [2.75, 3.05) is 6.61 Å². The summed E-state index contributed by atoms with van der Waals surface area (Å²) in [6.45, 7) is 8.75. The lowest BCUT2D eigenvalue weighted by Crippen LogP contribution is -2.42. The molecular formula is C16H26O3. The van der Waals surface area contributed by atoms with Gasteiger partial charge < -0.3 is 9.84 Å². The van der Waals surface area contributed by atoms with E-state index in [0.29, 0.717) is 6.61 Å². The van der Waals surface area contributed by atoms with Crippen LogP contribution in [0.5, 0.6) is 0 Å². The van der Waals surface area contributed by atoms with E-state index in [4.69, 9.17) is 4.74 Å². The molecule has 0 aliphatic heterocycles. The highest BCUT2D eigenvalue weighted by atomic mass is 16.5. The maximum atomic E-state index is 12.2. The Bertz CT molecular complexity index is 395. The van der Waals surface area contributed by atoms with Gasteiger partial charge in [-0.1, -0.05) is 19.4 Å². The molecule has 2 aliphatic rings. The second-order valence-electron chi connectivity index (χ2n) is 6.83. The monoisotopic (exact) mass is 266 g/mol. The van der Waals surface area contributed by atoms with Crippen molar-refractivity contribution in [1.29, 1.82) is 0 Å². The number of ether oxygens (including phenoxy) is 1. The zero-order valence-electron chi connectivity index (χ0n) is 12.5. The first kappa shape index (κ1) is 14.6. The van der Waals surface area contributed by atoms with Gasteiger partial charge in [-0.2, -0.15) is 0 Å². The molecule has 0 aromatic carbocycles. The molecule has 3 nitrogen and oxygen atoms in total. The lowest BCUT2D eigenvalue weighted by Gasteiger charge is -2.45. The Kier molecular flexibility index (Phi) is 4.05. The number of aliphatic hydroxyl groups excluding tert-OH is 1. The molecule has 1 N–H and O–H groups in total. The van der Waals surface area contributed by atoms with Crippen molar-refractivity contribution >= 4 is 5.97 Å². The molecule has 108 valence electrons. The van der Waals surface area contributed by atoms with Crippen LogP contribution < -0.4 is 0 Å². The molecule has 0 aromatic heterocycles. The Labute approximate surface area is 116 Å². The maximum Gasteiger partial charge on any atom is 0.309 e. The van der Waals surface area contributed by atoms with Crippen LogP contribution in [0.15, 0.2) is 11.1 Å². The predicted octanol–water partition coefficient (Wildman–Crippen LogP) is 3.07. The Balaban J connectivity index is 2.29. The Morgan fingerprint density at radius 3 is 2.74 bits per heavy atom. The molecule has 19 heavy (non-hydrogen) atoms. The number of carbonyl (C=O) groups is 1. The van der Waals surface area contributed by atoms with Gasteiger partial charge in [-0.25, -0.2) is 0 Å². The van der Waals surface area contributed by atoms with E-state index in [2.05, 4.69) is 20.8 Å². The van der Waals surface area contributed by atoms with Gasteiger partial charge in [0, 0.05) is 0 Å². The van der Waals surface area contributed by atoms with E-state index in [0.717, 1.165) is 31.3 Å². The molecule has 0 heterocycles. The molecule has 2 aliphatic carbocycles. The van der Waals surface area contributed by atoms with E-state index in [1.54, 1.807) is 0 Å². The van der Waals surface area contributed by atoms with Crippen LogP contribution in [-0.4, -0.2) is 23.8 Å². The zero-order chi connectivity index (χ0) is 14.2. The van der Waals surface area contributed by atoms with Crippen molar-refractivity contribution in [2.24, 2.45) is 17.3 Å².